The third kappa shape index (κ3) is 7.75. The normalized spacial score (nSPS) is 26.2. The summed E-state index contributed by atoms with van der Waals surface area (Å²) in [7, 11) is 4.77. The predicted octanol–water partition coefficient (Wildman–Crippen LogP) is 5.14. The van der Waals surface area contributed by atoms with Gasteiger partial charge in [-0.1, -0.05) is 30.2 Å². The molecule has 0 spiro atoms. The van der Waals surface area contributed by atoms with Crippen LogP contribution in [0, 0.1) is 11.8 Å². The van der Waals surface area contributed by atoms with Crippen LogP contribution in [0.25, 0.3) is 0 Å². The van der Waals surface area contributed by atoms with E-state index in [1.807, 2.05) is 6.92 Å². The highest BCUT2D eigenvalue weighted by atomic mass is 16.5. The fourth-order valence-corrected chi connectivity index (χ4v) is 4.02. The molecule has 4 unspecified atom stereocenters. The smallest absolute Gasteiger partial charge is 0.165 e. The van der Waals surface area contributed by atoms with E-state index in [9.17, 15) is 10.2 Å². The van der Waals surface area contributed by atoms with E-state index >= 15 is 0 Å². The molecule has 0 amide bonds. The molecule has 0 bridgehead atoms. The first-order valence-corrected chi connectivity index (χ1v) is 11.1. The molecule has 0 aromatic rings. The van der Waals surface area contributed by atoms with Gasteiger partial charge in [0.1, 0.15) is 12.2 Å². The number of aliphatic hydroxyl groups excluding tert-OH is 2. The minimum absolute atomic E-state index is 0.0457. The molecule has 30 heavy (non-hydrogen) atoms. The van der Waals surface area contributed by atoms with E-state index in [4.69, 9.17) is 14.2 Å². The lowest BCUT2D eigenvalue weighted by Gasteiger charge is -2.38. The molecule has 0 aromatic heterocycles. The zero-order valence-electron chi connectivity index (χ0n) is 20.3. The zero-order valence-corrected chi connectivity index (χ0v) is 20.3. The average Bonchev–Trinajstić information content (AvgIpc) is 2.70. The van der Waals surface area contributed by atoms with E-state index in [1.165, 1.54) is 25.4 Å². The lowest BCUT2D eigenvalue weighted by molar-refractivity contribution is -0.0357. The van der Waals surface area contributed by atoms with Gasteiger partial charge in [-0.3, -0.25) is 0 Å². The van der Waals surface area contributed by atoms with Gasteiger partial charge in [0.15, 0.2) is 11.5 Å². The molecule has 0 saturated heterocycles. The molecule has 0 fully saturated rings. The van der Waals surface area contributed by atoms with Crippen LogP contribution in [0.4, 0.5) is 0 Å². The van der Waals surface area contributed by atoms with Crippen molar-refractivity contribution in [1.29, 1.82) is 0 Å². The summed E-state index contributed by atoms with van der Waals surface area (Å²) >= 11 is 0. The number of methoxy groups -OCH3 is 3. The first kappa shape index (κ1) is 26.7. The van der Waals surface area contributed by atoms with Crippen LogP contribution in [0.1, 0.15) is 73.1 Å². The molecule has 1 aliphatic carbocycles. The molecule has 0 heterocycles. The molecule has 4 atom stereocenters. The fourth-order valence-electron chi connectivity index (χ4n) is 4.02. The van der Waals surface area contributed by atoms with Crippen molar-refractivity contribution < 1.29 is 24.4 Å². The van der Waals surface area contributed by atoms with Crippen LogP contribution in [-0.2, 0) is 14.2 Å². The third-order valence-corrected chi connectivity index (χ3v) is 6.47. The van der Waals surface area contributed by atoms with Gasteiger partial charge < -0.3 is 24.4 Å². The summed E-state index contributed by atoms with van der Waals surface area (Å²) in [6, 6.07) is 0. The molecule has 174 valence electrons. The molecule has 0 aliphatic heterocycles. The molecular formula is C25H44O5. The summed E-state index contributed by atoms with van der Waals surface area (Å²) in [5, 5.41) is 21.2. The second-order valence-corrected chi connectivity index (χ2v) is 9.24. The van der Waals surface area contributed by atoms with Gasteiger partial charge in [0.25, 0.3) is 0 Å². The topological polar surface area (TPSA) is 68.2 Å². The molecule has 0 saturated carbocycles. The lowest BCUT2D eigenvalue weighted by atomic mass is 9.76. The van der Waals surface area contributed by atoms with E-state index in [1.54, 1.807) is 7.11 Å². The Morgan fingerprint density at radius 2 is 1.50 bits per heavy atom. The standard InChI is InChI=1S/C25H44O5/c1-17(13-10-16-25(4,5)30-8)11-9-12-18(2)14-15-20-19(3)21(26)23(28-6)24(29-7)22(20)27/h11,14,19-22,26-27H,9-10,12-13,15-16H2,1-8H3. The monoisotopic (exact) mass is 424 g/mol. The van der Waals surface area contributed by atoms with Crippen LogP contribution in [0.3, 0.4) is 0 Å². The Morgan fingerprint density at radius 1 is 0.933 bits per heavy atom. The third-order valence-electron chi connectivity index (χ3n) is 6.47. The van der Waals surface area contributed by atoms with Crippen molar-refractivity contribution in [2.75, 3.05) is 21.3 Å². The van der Waals surface area contributed by atoms with E-state index in [-0.39, 0.29) is 17.4 Å². The Morgan fingerprint density at radius 3 is 2.07 bits per heavy atom. The number of hydrogen-bond donors (Lipinski definition) is 2. The summed E-state index contributed by atoms with van der Waals surface area (Å²) in [5.74, 6) is 0.458. The van der Waals surface area contributed by atoms with Crippen molar-refractivity contribution in [3.05, 3.63) is 34.8 Å². The van der Waals surface area contributed by atoms with Crippen LogP contribution in [0.2, 0.25) is 0 Å². The first-order chi connectivity index (χ1) is 14.1. The van der Waals surface area contributed by atoms with Crippen LogP contribution in [-0.4, -0.2) is 49.4 Å². The highest BCUT2D eigenvalue weighted by Crippen LogP contribution is 2.37. The molecule has 0 aromatic carbocycles. The highest BCUT2D eigenvalue weighted by molar-refractivity contribution is 5.19. The Kier molecular flexibility index (Phi) is 11.2. The highest BCUT2D eigenvalue weighted by Gasteiger charge is 2.42. The molecule has 5 heteroatoms. The Bertz CT molecular complexity index is 617. The van der Waals surface area contributed by atoms with Crippen LogP contribution < -0.4 is 0 Å². The van der Waals surface area contributed by atoms with Gasteiger partial charge in [-0.2, -0.15) is 0 Å². The number of hydrogen-bond acceptors (Lipinski definition) is 5. The van der Waals surface area contributed by atoms with Gasteiger partial charge in [-0.25, -0.2) is 0 Å². The first-order valence-electron chi connectivity index (χ1n) is 11.1. The number of ether oxygens (including phenoxy) is 3. The quantitative estimate of drug-likeness (QED) is 0.425. The van der Waals surface area contributed by atoms with Gasteiger partial charge in [0.05, 0.1) is 19.8 Å². The minimum atomic E-state index is -0.772. The maximum Gasteiger partial charge on any atom is 0.165 e. The van der Waals surface area contributed by atoms with E-state index < -0.39 is 12.2 Å². The molecule has 0 radical (unpaired) electrons. The van der Waals surface area contributed by atoms with E-state index in [0.29, 0.717) is 17.9 Å². The fraction of sp³-hybridized carbons (Fsp3) is 0.760. The SMILES string of the molecule is COC1=C(OC)C(O)C(CC=C(C)CCC=C(C)CCCC(C)(C)OC)C(C)C1O. The van der Waals surface area contributed by atoms with Crippen molar-refractivity contribution in [1.82, 2.24) is 0 Å². The molecule has 1 aliphatic rings. The van der Waals surface area contributed by atoms with Gasteiger partial charge in [-0.05, 0) is 72.1 Å². The Balaban J connectivity index is 2.56. The maximum atomic E-state index is 10.7. The number of allylic oxidation sites excluding steroid dienone is 4. The minimum Gasteiger partial charge on any atom is -0.495 e. The average molecular weight is 425 g/mol. The lowest BCUT2D eigenvalue weighted by Crippen LogP contribution is -2.42. The maximum absolute atomic E-state index is 10.7. The van der Waals surface area contributed by atoms with Crippen LogP contribution in [0.5, 0.6) is 0 Å². The molecule has 1 rings (SSSR count). The summed E-state index contributed by atoms with van der Waals surface area (Å²) in [6.07, 6.45) is 8.99. The van der Waals surface area contributed by atoms with Crippen LogP contribution >= 0.6 is 0 Å². The summed E-state index contributed by atoms with van der Waals surface area (Å²) in [4.78, 5) is 0. The number of aliphatic hydroxyl groups is 2. The summed E-state index contributed by atoms with van der Waals surface area (Å²) in [6.45, 7) is 10.5. The predicted molar refractivity (Wildman–Crippen MR) is 122 cm³/mol. The Labute approximate surface area is 183 Å². The van der Waals surface area contributed by atoms with Crippen molar-refractivity contribution in [3.63, 3.8) is 0 Å². The van der Waals surface area contributed by atoms with Gasteiger partial charge in [-0.15, -0.1) is 0 Å². The molecule has 5 nitrogen and oxygen atoms in total. The van der Waals surface area contributed by atoms with Crippen molar-refractivity contribution in [2.45, 2.75) is 91.0 Å². The summed E-state index contributed by atoms with van der Waals surface area (Å²) in [5.41, 5.74) is 2.68. The second-order valence-electron chi connectivity index (χ2n) is 9.24. The summed E-state index contributed by atoms with van der Waals surface area (Å²) < 4.78 is 16.1. The number of rotatable bonds is 12. The van der Waals surface area contributed by atoms with Crippen molar-refractivity contribution in [2.24, 2.45) is 11.8 Å². The largest absolute Gasteiger partial charge is 0.495 e. The van der Waals surface area contributed by atoms with Crippen molar-refractivity contribution >= 4 is 0 Å². The Hall–Kier alpha value is -1.30. The molecular weight excluding hydrogens is 380 g/mol. The van der Waals surface area contributed by atoms with Gasteiger partial charge in [0.2, 0.25) is 0 Å². The molecule has 2 N–H and O–H groups in total. The second kappa shape index (κ2) is 12.5. The van der Waals surface area contributed by atoms with E-state index in [2.05, 4.69) is 39.8 Å². The van der Waals surface area contributed by atoms with Crippen LogP contribution in [0.15, 0.2) is 34.8 Å². The van der Waals surface area contributed by atoms with Gasteiger partial charge >= 0.3 is 0 Å². The zero-order chi connectivity index (χ0) is 22.9. The van der Waals surface area contributed by atoms with Crippen molar-refractivity contribution in [3.8, 4) is 0 Å². The van der Waals surface area contributed by atoms with Gasteiger partial charge in [0, 0.05) is 13.0 Å². The van der Waals surface area contributed by atoms with E-state index in [0.717, 1.165) is 32.1 Å².